The Morgan fingerprint density at radius 3 is 2.72 bits per heavy atom. The predicted octanol–water partition coefficient (Wildman–Crippen LogP) is 4.77. The molecule has 2 aromatic rings. The van der Waals surface area contributed by atoms with Crippen molar-refractivity contribution in [1.82, 2.24) is 4.90 Å². The lowest BCUT2D eigenvalue weighted by atomic mass is 9.91. The summed E-state index contributed by atoms with van der Waals surface area (Å²) in [5, 5.41) is 2.63. The topological polar surface area (TPSA) is 38.8 Å². The van der Waals surface area contributed by atoms with Crippen LogP contribution < -0.4 is 0 Å². The fourth-order valence-corrected chi connectivity index (χ4v) is 4.91. The molecular formula is C24H32ClNO3. The van der Waals surface area contributed by atoms with Gasteiger partial charge in [0.1, 0.15) is 6.10 Å². The molecule has 1 aliphatic heterocycles. The summed E-state index contributed by atoms with van der Waals surface area (Å²) in [6, 6.07) is 15.6. The Hall–Kier alpha value is -1.62. The Morgan fingerprint density at radius 1 is 1.07 bits per heavy atom. The van der Waals surface area contributed by atoms with Crippen molar-refractivity contribution in [2.75, 3.05) is 19.7 Å². The highest BCUT2D eigenvalue weighted by Gasteiger charge is 2.36. The maximum Gasteiger partial charge on any atom is 0.302 e. The maximum atomic E-state index is 11.3. The number of fused-ring (bicyclic) bond motifs is 1. The van der Waals surface area contributed by atoms with E-state index in [0.29, 0.717) is 12.1 Å². The monoisotopic (exact) mass is 417 g/mol. The fraction of sp³-hybridized carbons (Fsp3) is 0.542. The molecule has 2 aromatic carbocycles. The van der Waals surface area contributed by atoms with Crippen LogP contribution in [-0.2, 0) is 20.7 Å². The third-order valence-electron chi connectivity index (χ3n) is 6.23. The second-order valence-electron chi connectivity index (χ2n) is 8.16. The molecule has 0 N–H and O–H groups in total. The summed E-state index contributed by atoms with van der Waals surface area (Å²) in [5.74, 6) is -0.168. The zero-order valence-electron chi connectivity index (χ0n) is 17.2. The van der Waals surface area contributed by atoms with Crippen LogP contribution in [0, 0.1) is 0 Å². The summed E-state index contributed by atoms with van der Waals surface area (Å²) in [6.45, 7) is 4.12. The van der Waals surface area contributed by atoms with Crippen LogP contribution in [0.1, 0.15) is 44.6 Å². The number of ether oxygens (including phenoxy) is 2. The standard InChI is InChI=1S/C24H31NO3.ClH/c1-18(26)28-21-13-15-25(17-21)23-11-4-5-12-24(23)27-16-14-20-9-6-8-19-7-2-3-10-22(19)20;/h2-3,6-10,21,23-24H,4-5,11-17H2,1H3;1H/t21?,23-,24+;/m1./s1. The average Bonchev–Trinajstić information content (AvgIpc) is 3.16. The van der Waals surface area contributed by atoms with Gasteiger partial charge in [-0.1, -0.05) is 55.3 Å². The molecule has 1 saturated heterocycles. The van der Waals surface area contributed by atoms with Gasteiger partial charge in [0.25, 0.3) is 0 Å². The third kappa shape index (κ3) is 5.50. The van der Waals surface area contributed by atoms with Gasteiger partial charge in [-0.2, -0.15) is 0 Å². The predicted molar refractivity (Wildman–Crippen MR) is 119 cm³/mol. The number of esters is 1. The number of benzene rings is 2. The molecule has 1 heterocycles. The van der Waals surface area contributed by atoms with Crippen molar-refractivity contribution in [3.63, 3.8) is 0 Å². The summed E-state index contributed by atoms with van der Waals surface area (Å²) in [4.78, 5) is 13.7. The zero-order chi connectivity index (χ0) is 19.3. The van der Waals surface area contributed by atoms with Gasteiger partial charge in [-0.15, -0.1) is 12.4 Å². The number of hydrogen-bond donors (Lipinski definition) is 0. The molecule has 1 aliphatic carbocycles. The number of rotatable bonds is 6. The van der Waals surface area contributed by atoms with Crippen molar-refractivity contribution in [3.8, 4) is 0 Å². The van der Waals surface area contributed by atoms with Crippen LogP contribution in [0.3, 0.4) is 0 Å². The van der Waals surface area contributed by atoms with Crippen LogP contribution in [0.4, 0.5) is 0 Å². The molecule has 0 spiro atoms. The first-order valence-corrected chi connectivity index (χ1v) is 10.7. The summed E-state index contributed by atoms with van der Waals surface area (Å²) in [7, 11) is 0. The van der Waals surface area contributed by atoms with Crippen molar-refractivity contribution in [1.29, 1.82) is 0 Å². The highest BCUT2D eigenvalue weighted by molar-refractivity contribution is 5.86. The van der Waals surface area contributed by atoms with Gasteiger partial charge in [0, 0.05) is 26.1 Å². The molecule has 0 bridgehead atoms. The first kappa shape index (κ1) is 22.1. The Labute approximate surface area is 180 Å². The number of hydrogen-bond acceptors (Lipinski definition) is 4. The summed E-state index contributed by atoms with van der Waals surface area (Å²) >= 11 is 0. The summed E-state index contributed by atoms with van der Waals surface area (Å²) < 4.78 is 11.9. The SMILES string of the molecule is CC(=O)OC1CCN([C@@H]2CCCC[C@@H]2OCCc2cccc3ccccc23)C1.Cl. The minimum Gasteiger partial charge on any atom is -0.461 e. The van der Waals surface area contributed by atoms with E-state index in [1.807, 2.05) is 0 Å². The Morgan fingerprint density at radius 2 is 1.86 bits per heavy atom. The van der Waals surface area contributed by atoms with Gasteiger partial charge in [-0.05, 0) is 42.0 Å². The smallest absolute Gasteiger partial charge is 0.302 e. The maximum absolute atomic E-state index is 11.3. The van der Waals surface area contributed by atoms with E-state index in [1.165, 1.54) is 42.5 Å². The zero-order valence-corrected chi connectivity index (χ0v) is 18.0. The largest absolute Gasteiger partial charge is 0.461 e. The number of carbonyl (C=O) groups excluding carboxylic acids is 1. The third-order valence-corrected chi connectivity index (χ3v) is 6.23. The van der Waals surface area contributed by atoms with E-state index >= 15 is 0 Å². The van der Waals surface area contributed by atoms with Gasteiger partial charge in [-0.3, -0.25) is 9.69 Å². The molecule has 2 fully saturated rings. The van der Waals surface area contributed by atoms with E-state index in [-0.39, 0.29) is 24.5 Å². The second kappa shape index (κ2) is 10.4. The first-order valence-electron chi connectivity index (χ1n) is 10.7. The normalized spacial score (nSPS) is 24.9. The highest BCUT2D eigenvalue weighted by atomic mass is 35.5. The first-order chi connectivity index (χ1) is 13.7. The van der Waals surface area contributed by atoms with Crippen LogP contribution in [0.5, 0.6) is 0 Å². The fourth-order valence-electron chi connectivity index (χ4n) is 4.91. The number of carbonyl (C=O) groups is 1. The van der Waals surface area contributed by atoms with Crippen LogP contribution in [0.2, 0.25) is 0 Å². The Balaban J connectivity index is 0.00000240. The van der Waals surface area contributed by atoms with Gasteiger partial charge in [0.15, 0.2) is 0 Å². The Bertz CT molecular complexity index is 806. The average molecular weight is 418 g/mol. The van der Waals surface area contributed by atoms with Crippen LogP contribution in [0.15, 0.2) is 42.5 Å². The van der Waals surface area contributed by atoms with Crippen LogP contribution in [0.25, 0.3) is 10.8 Å². The highest BCUT2D eigenvalue weighted by Crippen LogP contribution is 2.29. The van der Waals surface area contributed by atoms with Gasteiger partial charge in [-0.25, -0.2) is 0 Å². The van der Waals surface area contributed by atoms with E-state index in [2.05, 4.69) is 47.4 Å². The minimum atomic E-state index is -0.168. The molecule has 29 heavy (non-hydrogen) atoms. The van der Waals surface area contributed by atoms with Crippen molar-refractivity contribution < 1.29 is 14.3 Å². The molecule has 4 nitrogen and oxygen atoms in total. The number of nitrogens with zero attached hydrogens (tertiary/aromatic N) is 1. The molecule has 1 unspecified atom stereocenters. The molecular weight excluding hydrogens is 386 g/mol. The van der Waals surface area contributed by atoms with E-state index in [4.69, 9.17) is 9.47 Å². The molecule has 1 saturated carbocycles. The quantitative estimate of drug-likeness (QED) is 0.634. The molecule has 158 valence electrons. The Kier molecular flexibility index (Phi) is 7.93. The lowest BCUT2D eigenvalue weighted by Crippen LogP contribution is -2.46. The van der Waals surface area contributed by atoms with E-state index in [0.717, 1.165) is 39.0 Å². The minimum absolute atomic E-state index is 0. The van der Waals surface area contributed by atoms with E-state index < -0.39 is 0 Å². The van der Waals surface area contributed by atoms with Crippen molar-refractivity contribution >= 4 is 29.1 Å². The van der Waals surface area contributed by atoms with E-state index in [9.17, 15) is 4.79 Å². The lowest BCUT2D eigenvalue weighted by molar-refractivity contribution is -0.145. The molecule has 0 amide bonds. The van der Waals surface area contributed by atoms with Gasteiger partial charge in [0.2, 0.25) is 0 Å². The number of halogens is 1. The molecule has 0 aromatic heterocycles. The van der Waals surface area contributed by atoms with Crippen molar-refractivity contribution in [2.45, 2.75) is 63.7 Å². The number of likely N-dealkylation sites (tertiary alicyclic amines) is 1. The van der Waals surface area contributed by atoms with Crippen molar-refractivity contribution in [2.24, 2.45) is 0 Å². The van der Waals surface area contributed by atoms with Crippen LogP contribution >= 0.6 is 12.4 Å². The lowest BCUT2D eigenvalue weighted by Gasteiger charge is -2.37. The van der Waals surface area contributed by atoms with Crippen molar-refractivity contribution in [3.05, 3.63) is 48.0 Å². The summed E-state index contributed by atoms with van der Waals surface area (Å²) in [6.07, 6.45) is 7.06. The second-order valence-corrected chi connectivity index (χ2v) is 8.16. The molecule has 5 heteroatoms. The molecule has 0 radical (unpaired) electrons. The molecule has 3 atom stereocenters. The van der Waals surface area contributed by atoms with Gasteiger partial charge < -0.3 is 9.47 Å². The molecule has 4 rings (SSSR count). The van der Waals surface area contributed by atoms with Gasteiger partial charge >= 0.3 is 5.97 Å². The van der Waals surface area contributed by atoms with Crippen LogP contribution in [-0.4, -0.2) is 48.8 Å². The van der Waals surface area contributed by atoms with Gasteiger partial charge in [0.05, 0.1) is 12.7 Å². The molecule has 2 aliphatic rings. The van der Waals surface area contributed by atoms with E-state index in [1.54, 1.807) is 0 Å². The summed E-state index contributed by atoms with van der Waals surface area (Å²) in [5.41, 5.74) is 1.36.